The maximum atomic E-state index is 12.0. The van der Waals surface area contributed by atoms with E-state index in [0.29, 0.717) is 10.7 Å². The van der Waals surface area contributed by atoms with Crippen LogP contribution in [0.15, 0.2) is 29.6 Å². The van der Waals surface area contributed by atoms with Gasteiger partial charge < -0.3 is 11.1 Å². The van der Waals surface area contributed by atoms with Crippen LogP contribution in [0.25, 0.3) is 10.6 Å². The van der Waals surface area contributed by atoms with Gasteiger partial charge in [-0.3, -0.25) is 9.59 Å². The van der Waals surface area contributed by atoms with E-state index < -0.39 is 11.4 Å². The molecular formula is C15H16ClN3O2S. The number of carbonyl (C=O) groups is 2. The van der Waals surface area contributed by atoms with Crippen LogP contribution in [0.5, 0.6) is 0 Å². The first kappa shape index (κ1) is 16.5. The molecule has 2 amide bonds. The molecule has 2 rings (SSSR count). The van der Waals surface area contributed by atoms with Gasteiger partial charge >= 0.3 is 0 Å². The van der Waals surface area contributed by atoms with Gasteiger partial charge in [0.15, 0.2) is 0 Å². The first-order valence-corrected chi connectivity index (χ1v) is 7.85. The molecule has 0 saturated carbocycles. The second-order valence-electron chi connectivity index (χ2n) is 5.37. The van der Waals surface area contributed by atoms with Crippen LogP contribution < -0.4 is 11.1 Å². The number of amides is 2. The minimum absolute atomic E-state index is 0.0910. The van der Waals surface area contributed by atoms with Crippen molar-refractivity contribution in [3.8, 4) is 10.6 Å². The van der Waals surface area contributed by atoms with E-state index in [9.17, 15) is 9.59 Å². The van der Waals surface area contributed by atoms with Crippen LogP contribution >= 0.6 is 22.9 Å². The van der Waals surface area contributed by atoms with E-state index in [-0.39, 0.29) is 12.3 Å². The second kappa shape index (κ2) is 6.46. The molecule has 0 saturated heterocycles. The van der Waals surface area contributed by atoms with Gasteiger partial charge in [0, 0.05) is 16.0 Å². The number of nitrogens with one attached hydrogen (secondary N) is 1. The van der Waals surface area contributed by atoms with Crippen molar-refractivity contribution in [1.29, 1.82) is 0 Å². The molecule has 0 spiro atoms. The summed E-state index contributed by atoms with van der Waals surface area (Å²) in [6.45, 7) is 3.12. The molecule has 1 aromatic carbocycles. The van der Waals surface area contributed by atoms with Gasteiger partial charge in [-0.15, -0.1) is 11.3 Å². The third-order valence-corrected chi connectivity index (χ3v) is 4.21. The summed E-state index contributed by atoms with van der Waals surface area (Å²) in [5.41, 5.74) is 5.69. The number of aromatic nitrogens is 1. The fourth-order valence-electron chi connectivity index (χ4n) is 1.76. The first-order chi connectivity index (χ1) is 10.3. The van der Waals surface area contributed by atoms with Crippen LogP contribution in [0.3, 0.4) is 0 Å². The molecule has 0 atom stereocenters. The predicted molar refractivity (Wildman–Crippen MR) is 87.7 cm³/mol. The molecule has 0 radical (unpaired) electrons. The summed E-state index contributed by atoms with van der Waals surface area (Å²) in [5, 5.41) is 5.83. The van der Waals surface area contributed by atoms with Crippen LogP contribution in [-0.4, -0.2) is 22.3 Å². The number of halogens is 1. The third kappa shape index (κ3) is 4.05. The zero-order valence-corrected chi connectivity index (χ0v) is 13.8. The lowest BCUT2D eigenvalue weighted by Crippen LogP contribution is -2.53. The van der Waals surface area contributed by atoms with Gasteiger partial charge in [0.25, 0.3) is 0 Å². The maximum Gasteiger partial charge on any atom is 0.242 e. The average Bonchev–Trinajstić information content (AvgIpc) is 2.86. The number of nitrogens with zero attached hydrogens (tertiary/aromatic N) is 1. The topological polar surface area (TPSA) is 85.1 Å². The van der Waals surface area contributed by atoms with Crippen molar-refractivity contribution in [2.45, 2.75) is 25.8 Å². The van der Waals surface area contributed by atoms with Crippen molar-refractivity contribution in [3.63, 3.8) is 0 Å². The lowest BCUT2D eigenvalue weighted by molar-refractivity contribution is -0.130. The third-order valence-electron chi connectivity index (χ3n) is 3.03. The summed E-state index contributed by atoms with van der Waals surface area (Å²) in [4.78, 5) is 27.6. The number of benzene rings is 1. The van der Waals surface area contributed by atoms with Gasteiger partial charge in [0.1, 0.15) is 10.5 Å². The number of hydrogen-bond acceptors (Lipinski definition) is 4. The number of nitrogens with two attached hydrogens (primary N) is 1. The van der Waals surface area contributed by atoms with E-state index in [1.807, 2.05) is 23.6 Å². The van der Waals surface area contributed by atoms with E-state index in [4.69, 9.17) is 17.3 Å². The highest BCUT2D eigenvalue weighted by Gasteiger charge is 2.26. The van der Waals surface area contributed by atoms with Crippen LogP contribution in [0, 0.1) is 0 Å². The highest BCUT2D eigenvalue weighted by Crippen LogP contribution is 2.26. The number of thiazole rings is 1. The van der Waals surface area contributed by atoms with Gasteiger partial charge in [0.05, 0.1) is 12.1 Å². The Balaban J connectivity index is 2.06. The van der Waals surface area contributed by atoms with E-state index in [0.717, 1.165) is 10.6 Å². The molecule has 0 aliphatic rings. The monoisotopic (exact) mass is 337 g/mol. The number of rotatable bonds is 5. The molecule has 0 aliphatic heterocycles. The van der Waals surface area contributed by atoms with Crippen LogP contribution in [-0.2, 0) is 16.0 Å². The fourth-order valence-corrected chi connectivity index (χ4v) is 2.77. The number of hydrogen-bond donors (Lipinski definition) is 2. The normalized spacial score (nSPS) is 11.2. The number of carbonyl (C=O) groups excluding carboxylic acids is 2. The predicted octanol–water partition coefficient (Wildman–Crippen LogP) is 2.39. The Bertz CT molecular complexity index is 712. The van der Waals surface area contributed by atoms with Crippen molar-refractivity contribution in [3.05, 3.63) is 40.4 Å². The Morgan fingerprint density at radius 3 is 2.77 bits per heavy atom. The molecular weight excluding hydrogens is 322 g/mol. The summed E-state index contributed by atoms with van der Waals surface area (Å²) in [6, 6.07) is 7.37. The minimum atomic E-state index is -1.08. The van der Waals surface area contributed by atoms with Crippen molar-refractivity contribution >= 4 is 34.8 Å². The average molecular weight is 338 g/mol. The minimum Gasteiger partial charge on any atom is -0.368 e. The lowest BCUT2D eigenvalue weighted by atomic mass is 10.0. The van der Waals surface area contributed by atoms with E-state index in [1.165, 1.54) is 11.3 Å². The van der Waals surface area contributed by atoms with Crippen LogP contribution in [0.2, 0.25) is 5.02 Å². The molecule has 2 aromatic rings. The highest BCUT2D eigenvalue weighted by molar-refractivity contribution is 7.13. The van der Waals surface area contributed by atoms with Crippen molar-refractivity contribution in [2.24, 2.45) is 5.73 Å². The Labute approximate surface area is 137 Å². The molecule has 22 heavy (non-hydrogen) atoms. The molecule has 0 unspecified atom stereocenters. The Kier molecular flexibility index (Phi) is 4.83. The first-order valence-electron chi connectivity index (χ1n) is 6.59. The van der Waals surface area contributed by atoms with Crippen molar-refractivity contribution in [1.82, 2.24) is 10.3 Å². The van der Waals surface area contributed by atoms with E-state index in [2.05, 4.69) is 10.3 Å². The van der Waals surface area contributed by atoms with Gasteiger partial charge in [-0.2, -0.15) is 0 Å². The number of primary amides is 1. The summed E-state index contributed by atoms with van der Waals surface area (Å²) in [5.74, 6) is -0.884. The van der Waals surface area contributed by atoms with E-state index in [1.54, 1.807) is 19.9 Å². The Morgan fingerprint density at radius 2 is 2.14 bits per heavy atom. The molecule has 1 aromatic heterocycles. The van der Waals surface area contributed by atoms with Crippen molar-refractivity contribution in [2.75, 3.05) is 0 Å². The molecule has 0 fully saturated rings. The maximum absolute atomic E-state index is 12.0. The van der Waals surface area contributed by atoms with Gasteiger partial charge in [0.2, 0.25) is 11.8 Å². The van der Waals surface area contributed by atoms with Crippen LogP contribution in [0.4, 0.5) is 0 Å². The van der Waals surface area contributed by atoms with Gasteiger partial charge in [-0.1, -0.05) is 23.7 Å². The summed E-state index contributed by atoms with van der Waals surface area (Å²) in [7, 11) is 0. The van der Waals surface area contributed by atoms with Crippen LogP contribution in [0.1, 0.15) is 19.5 Å². The molecule has 1 heterocycles. The quantitative estimate of drug-likeness (QED) is 0.878. The Hall–Kier alpha value is -1.92. The van der Waals surface area contributed by atoms with E-state index >= 15 is 0 Å². The summed E-state index contributed by atoms with van der Waals surface area (Å²) in [6.07, 6.45) is 0.0910. The summed E-state index contributed by atoms with van der Waals surface area (Å²) < 4.78 is 0. The SMILES string of the molecule is CC(C)(NC(=O)Cc1csc(-c2cccc(Cl)c2)n1)C(N)=O. The van der Waals surface area contributed by atoms with Crippen molar-refractivity contribution < 1.29 is 9.59 Å². The molecule has 0 aliphatic carbocycles. The van der Waals surface area contributed by atoms with Gasteiger partial charge in [-0.05, 0) is 26.0 Å². The molecule has 7 heteroatoms. The largest absolute Gasteiger partial charge is 0.368 e. The summed E-state index contributed by atoms with van der Waals surface area (Å²) >= 11 is 7.39. The molecule has 3 N–H and O–H groups in total. The molecule has 5 nitrogen and oxygen atoms in total. The highest BCUT2D eigenvalue weighted by atomic mass is 35.5. The smallest absolute Gasteiger partial charge is 0.242 e. The zero-order valence-electron chi connectivity index (χ0n) is 12.2. The molecule has 116 valence electrons. The van der Waals surface area contributed by atoms with Gasteiger partial charge in [-0.25, -0.2) is 4.98 Å². The second-order valence-corrected chi connectivity index (χ2v) is 6.66. The standard InChI is InChI=1S/C15H16ClN3O2S/c1-15(2,14(17)21)19-12(20)7-11-8-22-13(18-11)9-4-3-5-10(16)6-9/h3-6,8H,7H2,1-2H3,(H2,17,21)(H,19,20). The molecule has 0 bridgehead atoms. The Morgan fingerprint density at radius 1 is 1.41 bits per heavy atom. The lowest BCUT2D eigenvalue weighted by Gasteiger charge is -2.21. The zero-order chi connectivity index (χ0) is 16.3. The fraction of sp³-hybridized carbons (Fsp3) is 0.267.